The fraction of sp³-hybridized carbons (Fsp3) is 0.312. The van der Waals surface area contributed by atoms with Crippen LogP contribution in [0.25, 0.3) is 5.69 Å². The minimum Gasteiger partial charge on any atom is -0.481 e. The first-order chi connectivity index (χ1) is 11.0. The third kappa shape index (κ3) is 3.53. The van der Waals surface area contributed by atoms with Crippen LogP contribution in [0.4, 0.5) is 0 Å². The molecule has 1 saturated carbocycles. The lowest BCUT2D eigenvalue weighted by atomic mass is 10.1. The molecule has 6 nitrogen and oxygen atoms in total. The molecule has 3 rings (SSSR count). The number of aliphatic carboxylic acids is 1. The van der Waals surface area contributed by atoms with E-state index in [1.165, 1.54) is 6.20 Å². The molecule has 0 aliphatic heterocycles. The molecule has 0 radical (unpaired) electrons. The number of nitrogens with zero attached hydrogens (tertiary/aromatic N) is 2. The minimum atomic E-state index is -0.794. The molecule has 1 aromatic carbocycles. The van der Waals surface area contributed by atoms with Crippen molar-refractivity contribution in [2.75, 3.05) is 0 Å². The summed E-state index contributed by atoms with van der Waals surface area (Å²) >= 11 is 5.85. The van der Waals surface area contributed by atoms with Crippen LogP contribution in [-0.4, -0.2) is 32.8 Å². The maximum Gasteiger partial charge on any atom is 0.306 e. The van der Waals surface area contributed by atoms with Gasteiger partial charge in [-0.1, -0.05) is 11.6 Å². The number of benzene rings is 1. The van der Waals surface area contributed by atoms with Crippen LogP contribution in [0.3, 0.4) is 0 Å². The molecule has 0 spiro atoms. The lowest BCUT2D eigenvalue weighted by Crippen LogP contribution is -2.33. The zero-order valence-corrected chi connectivity index (χ0v) is 13.0. The van der Waals surface area contributed by atoms with Gasteiger partial charge in [0.1, 0.15) is 0 Å². The molecule has 0 saturated heterocycles. The van der Waals surface area contributed by atoms with Crippen molar-refractivity contribution in [2.45, 2.75) is 25.3 Å². The standard InChI is InChI=1S/C16H16ClN3O3/c17-12-2-5-14(6-3-12)20-9-11(8-18-20)15(21)19-13-4-1-10(7-13)16(22)23/h2-3,5-6,8-10,13H,1,4,7H2,(H,19,21)(H,22,23)/t10-,13+/m1/s1. The molecular formula is C16H16ClN3O3. The highest BCUT2D eigenvalue weighted by Gasteiger charge is 2.30. The van der Waals surface area contributed by atoms with Crippen molar-refractivity contribution >= 4 is 23.5 Å². The summed E-state index contributed by atoms with van der Waals surface area (Å²) in [7, 11) is 0. The topological polar surface area (TPSA) is 84.2 Å². The fourth-order valence-corrected chi connectivity index (χ4v) is 2.91. The van der Waals surface area contributed by atoms with Crippen LogP contribution in [0.1, 0.15) is 29.6 Å². The first-order valence-electron chi connectivity index (χ1n) is 7.37. The van der Waals surface area contributed by atoms with E-state index in [1.54, 1.807) is 23.0 Å². The summed E-state index contributed by atoms with van der Waals surface area (Å²) in [5, 5.41) is 16.7. The van der Waals surface area contributed by atoms with Gasteiger partial charge in [0.15, 0.2) is 0 Å². The molecule has 1 aliphatic carbocycles. The van der Waals surface area contributed by atoms with Crippen LogP contribution in [-0.2, 0) is 4.79 Å². The van der Waals surface area contributed by atoms with Gasteiger partial charge < -0.3 is 10.4 Å². The molecule has 7 heteroatoms. The van der Waals surface area contributed by atoms with Gasteiger partial charge in [-0.2, -0.15) is 5.10 Å². The zero-order valence-electron chi connectivity index (χ0n) is 12.3. The van der Waals surface area contributed by atoms with Crippen LogP contribution in [0, 0.1) is 5.92 Å². The van der Waals surface area contributed by atoms with Crippen molar-refractivity contribution in [3.63, 3.8) is 0 Å². The van der Waals surface area contributed by atoms with Gasteiger partial charge >= 0.3 is 5.97 Å². The number of amides is 1. The van der Waals surface area contributed by atoms with Gasteiger partial charge in [0.05, 0.1) is 23.4 Å². The molecule has 120 valence electrons. The highest BCUT2D eigenvalue weighted by molar-refractivity contribution is 6.30. The molecular weight excluding hydrogens is 318 g/mol. The summed E-state index contributed by atoms with van der Waals surface area (Å²) in [6.45, 7) is 0. The number of nitrogens with one attached hydrogen (secondary N) is 1. The lowest BCUT2D eigenvalue weighted by molar-refractivity contribution is -0.141. The smallest absolute Gasteiger partial charge is 0.306 e. The number of rotatable bonds is 4. The number of carbonyl (C=O) groups is 2. The average molecular weight is 334 g/mol. The highest BCUT2D eigenvalue weighted by atomic mass is 35.5. The Bertz CT molecular complexity index is 726. The Kier molecular flexibility index (Phi) is 4.34. The predicted octanol–water partition coefficient (Wildman–Crippen LogP) is 2.51. The number of aromatic nitrogens is 2. The van der Waals surface area contributed by atoms with E-state index >= 15 is 0 Å². The van der Waals surface area contributed by atoms with Crippen molar-refractivity contribution in [1.29, 1.82) is 0 Å². The van der Waals surface area contributed by atoms with Gasteiger partial charge in [0, 0.05) is 17.3 Å². The van der Waals surface area contributed by atoms with Gasteiger partial charge in [0.25, 0.3) is 5.91 Å². The molecule has 1 heterocycles. The summed E-state index contributed by atoms with van der Waals surface area (Å²) in [5.74, 6) is -1.39. The van der Waals surface area contributed by atoms with Crippen molar-refractivity contribution in [3.05, 3.63) is 47.2 Å². The molecule has 0 bridgehead atoms. The Morgan fingerprint density at radius 3 is 2.65 bits per heavy atom. The highest BCUT2D eigenvalue weighted by Crippen LogP contribution is 2.25. The molecule has 1 fully saturated rings. The average Bonchev–Trinajstić information content (AvgIpc) is 3.17. The number of hydrogen-bond acceptors (Lipinski definition) is 3. The minimum absolute atomic E-state index is 0.0949. The molecule has 1 aromatic heterocycles. The number of hydrogen-bond donors (Lipinski definition) is 2. The van der Waals surface area contributed by atoms with E-state index in [0.29, 0.717) is 29.8 Å². The molecule has 2 atom stereocenters. The van der Waals surface area contributed by atoms with E-state index in [4.69, 9.17) is 16.7 Å². The van der Waals surface area contributed by atoms with E-state index < -0.39 is 5.97 Å². The Morgan fingerprint density at radius 1 is 1.26 bits per heavy atom. The van der Waals surface area contributed by atoms with Gasteiger partial charge in [-0.25, -0.2) is 4.68 Å². The Hall–Kier alpha value is -2.34. The van der Waals surface area contributed by atoms with Crippen LogP contribution in [0.2, 0.25) is 5.02 Å². The van der Waals surface area contributed by atoms with E-state index in [9.17, 15) is 9.59 Å². The van der Waals surface area contributed by atoms with Gasteiger partial charge in [-0.05, 0) is 43.5 Å². The molecule has 2 N–H and O–H groups in total. The molecule has 2 aromatic rings. The third-order valence-electron chi connectivity index (χ3n) is 4.05. The van der Waals surface area contributed by atoms with Gasteiger partial charge in [-0.3, -0.25) is 9.59 Å². The normalized spacial score (nSPS) is 20.4. The predicted molar refractivity (Wildman–Crippen MR) is 84.8 cm³/mol. The maximum atomic E-state index is 12.2. The molecule has 1 aliphatic rings. The van der Waals surface area contributed by atoms with Crippen LogP contribution in [0.15, 0.2) is 36.7 Å². The van der Waals surface area contributed by atoms with Crippen LogP contribution in [0.5, 0.6) is 0 Å². The van der Waals surface area contributed by atoms with Crippen molar-refractivity contribution in [2.24, 2.45) is 5.92 Å². The zero-order chi connectivity index (χ0) is 16.4. The number of carboxylic acids is 1. The summed E-state index contributed by atoms with van der Waals surface area (Å²) < 4.78 is 1.60. The Morgan fingerprint density at radius 2 is 2.00 bits per heavy atom. The van der Waals surface area contributed by atoms with Crippen molar-refractivity contribution in [3.8, 4) is 5.69 Å². The number of carbonyl (C=O) groups excluding carboxylic acids is 1. The van der Waals surface area contributed by atoms with Gasteiger partial charge in [-0.15, -0.1) is 0 Å². The monoisotopic (exact) mass is 333 g/mol. The van der Waals surface area contributed by atoms with E-state index in [1.807, 2.05) is 12.1 Å². The molecule has 0 unspecified atom stereocenters. The van der Waals surface area contributed by atoms with E-state index in [0.717, 1.165) is 5.69 Å². The quantitative estimate of drug-likeness (QED) is 0.900. The second kappa shape index (κ2) is 6.42. The van der Waals surface area contributed by atoms with E-state index in [2.05, 4.69) is 10.4 Å². The molecule has 1 amide bonds. The van der Waals surface area contributed by atoms with Crippen molar-refractivity contribution in [1.82, 2.24) is 15.1 Å². The largest absolute Gasteiger partial charge is 0.481 e. The van der Waals surface area contributed by atoms with Crippen LogP contribution >= 0.6 is 11.6 Å². The van der Waals surface area contributed by atoms with E-state index in [-0.39, 0.29) is 17.9 Å². The lowest BCUT2D eigenvalue weighted by Gasteiger charge is -2.11. The second-order valence-electron chi connectivity index (χ2n) is 5.67. The summed E-state index contributed by atoms with van der Waals surface area (Å²) in [4.78, 5) is 23.2. The Balaban J connectivity index is 1.65. The first-order valence-corrected chi connectivity index (χ1v) is 7.75. The van der Waals surface area contributed by atoms with Crippen molar-refractivity contribution < 1.29 is 14.7 Å². The third-order valence-corrected chi connectivity index (χ3v) is 4.31. The number of halogens is 1. The SMILES string of the molecule is O=C(N[C@H]1CC[C@@H](C(=O)O)C1)c1cnn(-c2ccc(Cl)cc2)c1. The second-order valence-corrected chi connectivity index (χ2v) is 6.11. The number of carboxylic acid groups (broad SMARTS) is 1. The molecule has 23 heavy (non-hydrogen) atoms. The summed E-state index contributed by atoms with van der Waals surface area (Å²) in [6.07, 6.45) is 4.90. The van der Waals surface area contributed by atoms with Gasteiger partial charge in [0.2, 0.25) is 0 Å². The first kappa shape index (κ1) is 15.6. The summed E-state index contributed by atoms with van der Waals surface area (Å²) in [5.41, 5.74) is 1.25. The van der Waals surface area contributed by atoms with Crippen LogP contribution < -0.4 is 5.32 Å². The maximum absolute atomic E-state index is 12.2. The fourth-order valence-electron chi connectivity index (χ4n) is 2.78. The Labute approximate surface area is 138 Å². The summed E-state index contributed by atoms with van der Waals surface area (Å²) in [6, 6.07) is 7.03.